The van der Waals surface area contributed by atoms with E-state index in [2.05, 4.69) is 27.8 Å². The zero-order valence-electron chi connectivity index (χ0n) is 19.6. The van der Waals surface area contributed by atoms with E-state index in [1.807, 2.05) is 36.4 Å². The molecule has 2 heterocycles. The van der Waals surface area contributed by atoms with Crippen molar-refractivity contribution in [2.24, 2.45) is 0 Å². The second kappa shape index (κ2) is 10.8. The first kappa shape index (κ1) is 23.3. The topological polar surface area (TPSA) is 85.4 Å². The molecule has 1 aliphatic carbocycles. The lowest BCUT2D eigenvalue weighted by atomic mass is 9.92. The van der Waals surface area contributed by atoms with Gasteiger partial charge in [-0.05, 0) is 36.6 Å². The Morgan fingerprint density at radius 2 is 1.89 bits per heavy atom. The predicted octanol–water partition coefficient (Wildman–Crippen LogP) is 5.78. The summed E-state index contributed by atoms with van der Waals surface area (Å²) in [7, 11) is 1.58. The van der Waals surface area contributed by atoms with Gasteiger partial charge in [-0.25, -0.2) is 4.98 Å². The van der Waals surface area contributed by atoms with Gasteiger partial charge < -0.3 is 20.1 Å². The first-order valence-electron chi connectivity index (χ1n) is 11.9. The fourth-order valence-electron chi connectivity index (χ4n) is 4.29. The maximum atomic E-state index is 11.8. The van der Waals surface area contributed by atoms with Crippen molar-refractivity contribution in [2.75, 3.05) is 12.4 Å². The Bertz CT molecular complexity index is 1290. The number of ether oxygens (including phenoxy) is 2. The summed E-state index contributed by atoms with van der Waals surface area (Å²) >= 11 is 1.61. The van der Waals surface area contributed by atoms with Crippen LogP contribution in [0, 0.1) is 0 Å². The van der Waals surface area contributed by atoms with Crippen LogP contribution in [0.5, 0.6) is 11.5 Å². The maximum absolute atomic E-state index is 11.8. The van der Waals surface area contributed by atoms with Crippen LogP contribution >= 0.6 is 11.3 Å². The monoisotopic (exact) mass is 488 g/mol. The minimum atomic E-state index is -0.252. The van der Waals surface area contributed by atoms with Gasteiger partial charge >= 0.3 is 0 Å². The molecule has 0 saturated heterocycles. The molecule has 180 valence electrons. The molecule has 1 fully saturated rings. The number of benzene rings is 2. The summed E-state index contributed by atoms with van der Waals surface area (Å²) in [4.78, 5) is 20.7. The lowest BCUT2D eigenvalue weighted by Gasteiger charge is -2.32. The molecule has 7 nitrogen and oxygen atoms in total. The molecule has 1 amide bonds. The summed E-state index contributed by atoms with van der Waals surface area (Å²) in [5.74, 6) is 0.989. The van der Waals surface area contributed by atoms with E-state index >= 15 is 0 Å². The summed E-state index contributed by atoms with van der Waals surface area (Å²) in [6, 6.07) is 19.7. The number of thiazole rings is 1. The normalized spacial score (nSPS) is 17.7. The van der Waals surface area contributed by atoms with Crippen molar-refractivity contribution >= 4 is 32.6 Å². The smallest absolute Gasteiger partial charge is 0.269 e. The SMILES string of the molecule is CNC(=O)c1cc(Oc2ccc3nc(N[C@@H]4CCCC[C@H]4OCc4ccccc4)sc3c2)ccn1. The van der Waals surface area contributed by atoms with Crippen LogP contribution in [0.1, 0.15) is 41.7 Å². The summed E-state index contributed by atoms with van der Waals surface area (Å²) in [6.45, 7) is 0.626. The zero-order chi connectivity index (χ0) is 24.0. The number of aromatic nitrogens is 2. The Balaban J connectivity index is 1.26. The van der Waals surface area contributed by atoms with E-state index in [1.54, 1.807) is 36.7 Å². The third-order valence-corrected chi connectivity index (χ3v) is 7.05. The number of rotatable bonds is 8. The second-order valence-electron chi connectivity index (χ2n) is 8.58. The average molecular weight is 489 g/mol. The number of fused-ring (bicyclic) bond motifs is 1. The Labute approximate surface area is 208 Å². The third kappa shape index (κ3) is 5.78. The molecule has 35 heavy (non-hydrogen) atoms. The largest absolute Gasteiger partial charge is 0.457 e. The van der Waals surface area contributed by atoms with Crippen molar-refractivity contribution < 1.29 is 14.3 Å². The van der Waals surface area contributed by atoms with Gasteiger partial charge in [0.2, 0.25) is 0 Å². The Morgan fingerprint density at radius 3 is 2.74 bits per heavy atom. The summed E-state index contributed by atoms with van der Waals surface area (Å²) in [6.07, 6.45) is 6.23. The molecule has 8 heteroatoms. The van der Waals surface area contributed by atoms with Crippen LogP contribution in [0.15, 0.2) is 66.9 Å². The molecule has 0 aliphatic heterocycles. The molecule has 2 aromatic heterocycles. The maximum Gasteiger partial charge on any atom is 0.269 e. The van der Waals surface area contributed by atoms with Gasteiger partial charge in [0.05, 0.1) is 29.0 Å². The Morgan fingerprint density at radius 1 is 1.06 bits per heavy atom. The van der Waals surface area contributed by atoms with Crippen LogP contribution in [0.3, 0.4) is 0 Å². The molecule has 2 aromatic carbocycles. The van der Waals surface area contributed by atoms with Gasteiger partial charge in [0.15, 0.2) is 5.13 Å². The minimum absolute atomic E-state index is 0.163. The summed E-state index contributed by atoms with van der Waals surface area (Å²) in [5, 5.41) is 7.11. The fourth-order valence-corrected chi connectivity index (χ4v) is 5.25. The fraction of sp³-hybridized carbons (Fsp3) is 0.296. The van der Waals surface area contributed by atoms with Crippen molar-refractivity contribution in [2.45, 2.75) is 44.4 Å². The van der Waals surface area contributed by atoms with Gasteiger partial charge in [0, 0.05) is 25.4 Å². The van der Waals surface area contributed by atoms with Crippen LogP contribution < -0.4 is 15.4 Å². The number of carbonyl (C=O) groups excluding carboxylic acids is 1. The molecular formula is C27H28N4O3S. The van der Waals surface area contributed by atoms with E-state index in [1.165, 1.54) is 18.4 Å². The molecule has 1 saturated carbocycles. The molecule has 2 atom stereocenters. The van der Waals surface area contributed by atoms with Gasteiger partial charge in [-0.1, -0.05) is 54.5 Å². The van der Waals surface area contributed by atoms with Gasteiger partial charge in [-0.15, -0.1) is 0 Å². The molecular weight excluding hydrogens is 460 g/mol. The summed E-state index contributed by atoms with van der Waals surface area (Å²) in [5.41, 5.74) is 2.43. The van der Waals surface area contributed by atoms with E-state index in [9.17, 15) is 4.79 Å². The van der Waals surface area contributed by atoms with Gasteiger partial charge in [0.1, 0.15) is 17.2 Å². The predicted molar refractivity (Wildman–Crippen MR) is 138 cm³/mol. The molecule has 0 unspecified atom stereocenters. The van der Waals surface area contributed by atoms with Gasteiger partial charge in [0.25, 0.3) is 5.91 Å². The molecule has 0 radical (unpaired) electrons. The third-order valence-electron chi connectivity index (χ3n) is 6.11. The first-order valence-corrected chi connectivity index (χ1v) is 12.7. The first-order chi connectivity index (χ1) is 17.2. The van der Waals surface area contributed by atoms with Gasteiger partial charge in [-0.3, -0.25) is 9.78 Å². The van der Waals surface area contributed by atoms with E-state index in [0.717, 1.165) is 28.2 Å². The zero-order valence-corrected chi connectivity index (χ0v) is 20.4. The Kier molecular flexibility index (Phi) is 7.20. The van der Waals surface area contributed by atoms with Crippen LogP contribution in [-0.2, 0) is 11.3 Å². The van der Waals surface area contributed by atoms with Crippen molar-refractivity contribution in [1.82, 2.24) is 15.3 Å². The van der Waals surface area contributed by atoms with Crippen molar-refractivity contribution in [3.05, 3.63) is 78.1 Å². The highest BCUT2D eigenvalue weighted by atomic mass is 32.1. The van der Waals surface area contributed by atoms with E-state index in [4.69, 9.17) is 14.5 Å². The highest BCUT2D eigenvalue weighted by Gasteiger charge is 2.26. The molecule has 5 rings (SSSR count). The van der Waals surface area contributed by atoms with Crippen LogP contribution in [0.4, 0.5) is 5.13 Å². The molecule has 0 bridgehead atoms. The highest BCUT2D eigenvalue weighted by molar-refractivity contribution is 7.22. The van der Waals surface area contributed by atoms with E-state index < -0.39 is 0 Å². The van der Waals surface area contributed by atoms with Crippen molar-refractivity contribution in [3.8, 4) is 11.5 Å². The number of nitrogens with one attached hydrogen (secondary N) is 2. The quantitative estimate of drug-likeness (QED) is 0.327. The molecule has 1 aliphatic rings. The molecule has 0 spiro atoms. The number of carbonyl (C=O) groups is 1. The number of hydrogen-bond acceptors (Lipinski definition) is 7. The van der Waals surface area contributed by atoms with Crippen LogP contribution in [0.2, 0.25) is 0 Å². The number of pyridine rings is 1. The second-order valence-corrected chi connectivity index (χ2v) is 9.61. The van der Waals surface area contributed by atoms with Crippen molar-refractivity contribution in [3.63, 3.8) is 0 Å². The number of anilines is 1. The number of hydrogen-bond donors (Lipinski definition) is 2. The standard InChI is InChI=1S/C27H28N4O3S/c1-28-26(32)23-15-20(13-14-29-23)34-19-11-12-22-25(16-19)35-27(31-22)30-21-9-5-6-10-24(21)33-17-18-7-3-2-4-8-18/h2-4,7-8,11-16,21,24H,5-6,9-10,17H2,1H3,(H,28,32)(H,30,31)/t21-,24-/m1/s1. The molecule has 2 N–H and O–H groups in total. The number of nitrogens with zero attached hydrogens (tertiary/aromatic N) is 2. The Hall–Kier alpha value is -3.49. The average Bonchev–Trinajstić information content (AvgIpc) is 3.30. The van der Waals surface area contributed by atoms with E-state index in [0.29, 0.717) is 23.8 Å². The lowest BCUT2D eigenvalue weighted by Crippen LogP contribution is -2.38. The van der Waals surface area contributed by atoms with Gasteiger partial charge in [-0.2, -0.15) is 0 Å². The highest BCUT2D eigenvalue weighted by Crippen LogP contribution is 2.33. The van der Waals surface area contributed by atoms with Crippen LogP contribution in [-0.4, -0.2) is 35.1 Å². The lowest BCUT2D eigenvalue weighted by molar-refractivity contribution is 0.00884. The molecule has 4 aromatic rings. The number of amides is 1. The summed E-state index contributed by atoms with van der Waals surface area (Å²) < 4.78 is 13.3. The minimum Gasteiger partial charge on any atom is -0.457 e. The van der Waals surface area contributed by atoms with Crippen LogP contribution in [0.25, 0.3) is 10.2 Å². The van der Waals surface area contributed by atoms with Crippen molar-refractivity contribution in [1.29, 1.82) is 0 Å². The van der Waals surface area contributed by atoms with E-state index in [-0.39, 0.29) is 18.1 Å².